The molecule has 0 aliphatic carbocycles. The van der Waals surface area contributed by atoms with Crippen molar-refractivity contribution in [3.05, 3.63) is 23.5 Å². The lowest BCUT2D eigenvalue weighted by atomic mass is 10.3. The third kappa shape index (κ3) is 2.57. The van der Waals surface area contributed by atoms with Crippen LogP contribution in [0, 0.1) is 0 Å². The minimum Gasteiger partial charge on any atom is -0.330 e. The summed E-state index contributed by atoms with van der Waals surface area (Å²) in [7, 11) is 0. The average molecular weight is 240 g/mol. The minimum atomic E-state index is 0. The average Bonchev–Trinajstić information content (AvgIpc) is 2.46. The fourth-order valence-corrected chi connectivity index (χ4v) is 1.76. The molecule has 3 nitrogen and oxygen atoms in total. The normalized spacial score (nSPS) is 9.31. The van der Waals surface area contributed by atoms with Crippen molar-refractivity contribution in [3.8, 4) is 0 Å². The highest BCUT2D eigenvalue weighted by molar-refractivity contribution is 7.15. The van der Waals surface area contributed by atoms with Crippen LogP contribution in [0.2, 0.25) is 0 Å². The third-order valence-corrected chi connectivity index (χ3v) is 2.31. The Bertz CT molecular complexity index is 329. The summed E-state index contributed by atoms with van der Waals surface area (Å²) in [6, 6.07) is 0. The lowest BCUT2D eigenvalue weighted by molar-refractivity contribution is 0.937. The topological polar surface area (TPSA) is 43.3 Å². The van der Waals surface area contributed by atoms with E-state index in [1.165, 1.54) is 0 Å². The van der Waals surface area contributed by atoms with E-state index in [4.69, 9.17) is 5.73 Å². The molecular formula is C7H11Cl2N3S. The number of thiazole rings is 1. The van der Waals surface area contributed by atoms with Gasteiger partial charge in [0.15, 0.2) is 4.96 Å². The highest BCUT2D eigenvalue weighted by atomic mass is 35.5. The number of nitrogens with two attached hydrogens (primary N) is 1. The van der Waals surface area contributed by atoms with Crippen LogP contribution in [0.4, 0.5) is 0 Å². The second kappa shape index (κ2) is 5.44. The first-order chi connectivity index (χ1) is 5.40. The predicted molar refractivity (Wildman–Crippen MR) is 60.3 cm³/mol. The molecule has 0 aliphatic heterocycles. The molecular weight excluding hydrogens is 229 g/mol. The van der Waals surface area contributed by atoms with Crippen LogP contribution in [-0.4, -0.2) is 15.9 Å². The summed E-state index contributed by atoms with van der Waals surface area (Å²) in [6.45, 7) is 0.671. The van der Waals surface area contributed by atoms with Gasteiger partial charge >= 0.3 is 0 Å². The standard InChI is InChI=1S/C7H9N3S.2ClH/c8-2-1-6-5-10-3-4-11-7(10)9-6;;/h3-5H,1-2,8H2;2*1H. The zero-order valence-corrected chi connectivity index (χ0v) is 9.29. The van der Waals surface area contributed by atoms with Gasteiger partial charge in [0.05, 0.1) is 5.69 Å². The summed E-state index contributed by atoms with van der Waals surface area (Å²) < 4.78 is 2.02. The maximum absolute atomic E-state index is 5.41. The number of imidazole rings is 1. The maximum atomic E-state index is 5.41. The van der Waals surface area contributed by atoms with Gasteiger partial charge in [-0.15, -0.1) is 36.2 Å². The highest BCUT2D eigenvalue weighted by Gasteiger charge is 1.99. The van der Waals surface area contributed by atoms with Crippen molar-refractivity contribution < 1.29 is 0 Å². The van der Waals surface area contributed by atoms with Gasteiger partial charge < -0.3 is 5.73 Å². The van der Waals surface area contributed by atoms with Gasteiger partial charge in [0.25, 0.3) is 0 Å². The molecule has 0 atom stereocenters. The molecule has 0 fully saturated rings. The Labute approximate surface area is 92.8 Å². The van der Waals surface area contributed by atoms with Crippen molar-refractivity contribution in [2.75, 3.05) is 6.54 Å². The Morgan fingerprint density at radius 2 is 2.23 bits per heavy atom. The third-order valence-electron chi connectivity index (χ3n) is 1.54. The van der Waals surface area contributed by atoms with Crippen LogP contribution in [0.5, 0.6) is 0 Å². The van der Waals surface area contributed by atoms with E-state index < -0.39 is 0 Å². The van der Waals surface area contributed by atoms with Gasteiger partial charge in [-0.1, -0.05) is 0 Å². The first kappa shape index (κ1) is 12.7. The van der Waals surface area contributed by atoms with Gasteiger partial charge in [0.1, 0.15) is 0 Å². The number of hydrogen-bond donors (Lipinski definition) is 1. The maximum Gasteiger partial charge on any atom is 0.193 e. The molecule has 2 N–H and O–H groups in total. The smallest absolute Gasteiger partial charge is 0.193 e. The van der Waals surface area contributed by atoms with Gasteiger partial charge in [0.2, 0.25) is 0 Å². The SMILES string of the molecule is Cl.Cl.NCCc1cn2ccsc2n1. The lowest BCUT2D eigenvalue weighted by Crippen LogP contribution is -2.02. The molecule has 0 unspecified atom stereocenters. The van der Waals surface area contributed by atoms with E-state index in [2.05, 4.69) is 4.98 Å². The minimum absolute atomic E-state index is 0. The largest absolute Gasteiger partial charge is 0.330 e. The second-order valence-corrected chi connectivity index (χ2v) is 3.24. The molecule has 0 amide bonds. The van der Waals surface area contributed by atoms with Crippen molar-refractivity contribution >= 4 is 41.1 Å². The summed E-state index contributed by atoms with van der Waals surface area (Å²) in [5.74, 6) is 0. The summed E-state index contributed by atoms with van der Waals surface area (Å²) in [5, 5.41) is 2.02. The molecule has 6 heteroatoms. The molecule has 0 bridgehead atoms. The molecule has 13 heavy (non-hydrogen) atoms. The fraction of sp³-hybridized carbons (Fsp3) is 0.286. The molecule has 0 saturated carbocycles. The van der Waals surface area contributed by atoms with E-state index in [1.807, 2.05) is 22.2 Å². The van der Waals surface area contributed by atoms with Crippen LogP contribution >= 0.6 is 36.2 Å². The van der Waals surface area contributed by atoms with Gasteiger partial charge in [0, 0.05) is 24.2 Å². The van der Waals surface area contributed by atoms with Gasteiger partial charge in [-0.2, -0.15) is 0 Å². The van der Waals surface area contributed by atoms with Gasteiger partial charge in [-0.3, -0.25) is 4.40 Å². The molecule has 74 valence electrons. The van der Waals surface area contributed by atoms with Crippen LogP contribution in [0.15, 0.2) is 17.8 Å². The highest BCUT2D eigenvalue weighted by Crippen LogP contribution is 2.10. The second-order valence-electron chi connectivity index (χ2n) is 2.36. The molecule has 0 aliphatic rings. The quantitative estimate of drug-likeness (QED) is 0.868. The number of rotatable bonds is 2. The zero-order valence-electron chi connectivity index (χ0n) is 6.84. The van der Waals surface area contributed by atoms with E-state index in [9.17, 15) is 0 Å². The Hall–Kier alpha value is -0.290. The van der Waals surface area contributed by atoms with Crippen molar-refractivity contribution in [1.82, 2.24) is 9.38 Å². The van der Waals surface area contributed by atoms with Crippen LogP contribution in [-0.2, 0) is 6.42 Å². The van der Waals surface area contributed by atoms with E-state index >= 15 is 0 Å². The van der Waals surface area contributed by atoms with Crippen LogP contribution in [0.1, 0.15) is 5.69 Å². The van der Waals surface area contributed by atoms with Gasteiger partial charge in [-0.05, 0) is 6.54 Å². The molecule has 2 aromatic heterocycles. The number of hydrogen-bond acceptors (Lipinski definition) is 3. The van der Waals surface area contributed by atoms with Crippen molar-refractivity contribution in [2.45, 2.75) is 6.42 Å². The van der Waals surface area contributed by atoms with Crippen LogP contribution in [0.3, 0.4) is 0 Å². The number of aromatic nitrogens is 2. The monoisotopic (exact) mass is 239 g/mol. The summed E-state index contributed by atoms with van der Waals surface area (Å²) >= 11 is 1.65. The van der Waals surface area contributed by atoms with Crippen molar-refractivity contribution in [2.24, 2.45) is 5.73 Å². The number of halogens is 2. The van der Waals surface area contributed by atoms with Crippen molar-refractivity contribution in [3.63, 3.8) is 0 Å². The van der Waals surface area contributed by atoms with E-state index in [-0.39, 0.29) is 24.8 Å². The van der Waals surface area contributed by atoms with Gasteiger partial charge in [-0.25, -0.2) is 4.98 Å². The molecule has 0 spiro atoms. The molecule has 0 saturated heterocycles. The molecule has 0 aromatic carbocycles. The predicted octanol–water partition coefficient (Wildman–Crippen LogP) is 1.74. The van der Waals surface area contributed by atoms with Crippen LogP contribution in [0.25, 0.3) is 4.96 Å². The molecule has 2 aromatic rings. The molecule has 2 rings (SSSR count). The lowest BCUT2D eigenvalue weighted by Gasteiger charge is -1.85. The molecule has 0 radical (unpaired) electrons. The van der Waals surface area contributed by atoms with E-state index in [0.29, 0.717) is 6.54 Å². The Morgan fingerprint density at radius 3 is 2.85 bits per heavy atom. The van der Waals surface area contributed by atoms with Crippen molar-refractivity contribution in [1.29, 1.82) is 0 Å². The Morgan fingerprint density at radius 1 is 1.46 bits per heavy atom. The van der Waals surface area contributed by atoms with E-state index in [1.54, 1.807) is 11.3 Å². The fourth-order valence-electron chi connectivity index (χ4n) is 1.04. The summed E-state index contributed by atoms with van der Waals surface area (Å²) in [4.78, 5) is 5.41. The Balaban J connectivity index is 0.000000720. The Kier molecular flexibility index (Phi) is 5.32. The number of fused-ring (bicyclic) bond motifs is 1. The summed E-state index contributed by atoms with van der Waals surface area (Å²) in [6.07, 6.45) is 4.90. The number of nitrogens with zero attached hydrogens (tertiary/aromatic N) is 2. The van der Waals surface area contributed by atoms with E-state index in [0.717, 1.165) is 17.1 Å². The molecule has 2 heterocycles. The summed E-state index contributed by atoms with van der Waals surface area (Å²) in [5.41, 5.74) is 6.49. The first-order valence-corrected chi connectivity index (χ1v) is 4.39. The first-order valence-electron chi connectivity index (χ1n) is 3.51. The van der Waals surface area contributed by atoms with Crippen LogP contribution < -0.4 is 5.73 Å². The zero-order chi connectivity index (χ0) is 7.68.